The lowest BCUT2D eigenvalue weighted by atomic mass is 9.96. The molecule has 3 aromatic carbocycles. The van der Waals surface area contributed by atoms with E-state index in [4.69, 9.17) is 30.9 Å². The summed E-state index contributed by atoms with van der Waals surface area (Å²) >= 11 is 6.30. The number of hydrazone groups is 1. The van der Waals surface area contributed by atoms with Crippen LogP contribution in [0.5, 0.6) is 17.2 Å². The van der Waals surface area contributed by atoms with Crippen molar-refractivity contribution in [2.24, 2.45) is 5.10 Å². The van der Waals surface area contributed by atoms with Gasteiger partial charge in [0.25, 0.3) is 0 Å². The van der Waals surface area contributed by atoms with E-state index in [2.05, 4.69) is 6.07 Å². The molecule has 152 valence electrons. The fourth-order valence-corrected chi connectivity index (χ4v) is 4.20. The zero-order valence-electron chi connectivity index (χ0n) is 16.7. The molecule has 5 nitrogen and oxygen atoms in total. The normalized spacial score (nSPS) is 19.4. The van der Waals surface area contributed by atoms with E-state index in [1.807, 2.05) is 65.7 Å². The number of ether oxygens (including phenoxy) is 3. The largest absolute Gasteiger partial charge is 0.497 e. The summed E-state index contributed by atoms with van der Waals surface area (Å²) in [5.74, 6) is 2.45. The molecule has 0 radical (unpaired) electrons. The van der Waals surface area contributed by atoms with Crippen molar-refractivity contribution >= 4 is 17.3 Å². The minimum absolute atomic E-state index is 0.0424. The molecule has 6 heteroatoms. The van der Waals surface area contributed by atoms with E-state index in [1.54, 1.807) is 14.2 Å². The van der Waals surface area contributed by atoms with Crippen LogP contribution in [-0.4, -0.2) is 24.9 Å². The molecule has 0 spiro atoms. The fourth-order valence-electron chi connectivity index (χ4n) is 4.02. The van der Waals surface area contributed by atoms with Gasteiger partial charge in [0.2, 0.25) is 6.23 Å². The maximum absolute atomic E-state index is 6.38. The lowest BCUT2D eigenvalue weighted by Gasteiger charge is -2.38. The van der Waals surface area contributed by atoms with E-state index in [1.165, 1.54) is 0 Å². The highest BCUT2D eigenvalue weighted by Gasteiger charge is 2.41. The number of hydrogen-bond donors (Lipinski definition) is 0. The van der Waals surface area contributed by atoms with Crippen molar-refractivity contribution in [1.82, 2.24) is 5.01 Å². The van der Waals surface area contributed by atoms with Gasteiger partial charge in [-0.1, -0.05) is 23.7 Å². The second-order valence-corrected chi connectivity index (χ2v) is 7.74. The summed E-state index contributed by atoms with van der Waals surface area (Å²) in [6.45, 7) is 0. The third kappa shape index (κ3) is 3.25. The summed E-state index contributed by atoms with van der Waals surface area (Å²) in [4.78, 5) is 0. The standard InChI is InChI=1S/C24H21ClN2O3/c1-28-18-9-6-15(7-10-18)24-27-22(20-13-17(25)8-11-23(20)30-24)14-21(26-27)16-4-3-5-19(12-16)29-2/h3-13,22,24H,14H2,1-2H3/t22-,24-/m0/s1. The van der Waals surface area contributed by atoms with Crippen molar-refractivity contribution in [3.63, 3.8) is 0 Å². The van der Waals surface area contributed by atoms with Gasteiger partial charge in [0.15, 0.2) is 0 Å². The van der Waals surface area contributed by atoms with Crippen LogP contribution in [0, 0.1) is 0 Å². The Morgan fingerprint density at radius 3 is 2.53 bits per heavy atom. The summed E-state index contributed by atoms with van der Waals surface area (Å²) in [6, 6.07) is 21.7. The molecule has 2 aliphatic rings. The van der Waals surface area contributed by atoms with E-state index in [0.717, 1.165) is 46.1 Å². The van der Waals surface area contributed by atoms with E-state index < -0.39 is 0 Å². The number of benzene rings is 3. The Kier molecular flexibility index (Phi) is 4.75. The molecule has 0 unspecified atom stereocenters. The summed E-state index contributed by atoms with van der Waals surface area (Å²) in [5.41, 5.74) is 4.10. The first-order valence-electron chi connectivity index (χ1n) is 9.76. The molecule has 0 fully saturated rings. The summed E-state index contributed by atoms with van der Waals surface area (Å²) in [5, 5.41) is 7.71. The monoisotopic (exact) mass is 420 g/mol. The van der Waals surface area contributed by atoms with Crippen LogP contribution in [0.15, 0.2) is 71.8 Å². The molecule has 0 bridgehead atoms. The Morgan fingerprint density at radius 2 is 1.77 bits per heavy atom. The number of halogens is 1. The predicted molar refractivity (Wildman–Crippen MR) is 117 cm³/mol. The number of nitrogens with zero attached hydrogens (tertiary/aromatic N) is 2. The number of hydrogen-bond acceptors (Lipinski definition) is 5. The molecule has 30 heavy (non-hydrogen) atoms. The van der Waals surface area contributed by atoms with E-state index >= 15 is 0 Å². The number of fused-ring (bicyclic) bond motifs is 3. The Labute approximate surface area is 180 Å². The molecule has 3 aromatic rings. The van der Waals surface area contributed by atoms with Crippen molar-refractivity contribution in [2.75, 3.05) is 14.2 Å². The van der Waals surface area contributed by atoms with Crippen molar-refractivity contribution < 1.29 is 14.2 Å². The molecule has 0 aliphatic carbocycles. The van der Waals surface area contributed by atoms with Crippen LogP contribution in [0.4, 0.5) is 0 Å². The van der Waals surface area contributed by atoms with Gasteiger partial charge in [-0.25, -0.2) is 5.01 Å². The van der Waals surface area contributed by atoms with Crippen LogP contribution in [0.2, 0.25) is 5.02 Å². The molecular formula is C24H21ClN2O3. The molecule has 0 saturated carbocycles. The second kappa shape index (κ2) is 7.58. The van der Waals surface area contributed by atoms with E-state index in [0.29, 0.717) is 5.02 Å². The van der Waals surface area contributed by atoms with Gasteiger partial charge in [0.1, 0.15) is 17.2 Å². The van der Waals surface area contributed by atoms with Crippen LogP contribution < -0.4 is 14.2 Å². The van der Waals surface area contributed by atoms with Crippen LogP contribution in [0.3, 0.4) is 0 Å². The maximum atomic E-state index is 6.38. The zero-order chi connectivity index (χ0) is 20.7. The lowest BCUT2D eigenvalue weighted by molar-refractivity contribution is -0.0190. The Hall–Kier alpha value is -3.18. The predicted octanol–water partition coefficient (Wildman–Crippen LogP) is 5.60. The van der Waals surface area contributed by atoms with Crippen molar-refractivity contribution in [3.8, 4) is 17.2 Å². The average Bonchev–Trinajstić information content (AvgIpc) is 3.25. The van der Waals surface area contributed by atoms with E-state index in [9.17, 15) is 0 Å². The van der Waals surface area contributed by atoms with Gasteiger partial charge in [-0.05, 0) is 54.6 Å². The van der Waals surface area contributed by atoms with Gasteiger partial charge in [0, 0.05) is 28.1 Å². The summed E-state index contributed by atoms with van der Waals surface area (Å²) in [7, 11) is 3.33. The third-order valence-electron chi connectivity index (χ3n) is 5.56. The van der Waals surface area contributed by atoms with Gasteiger partial charge >= 0.3 is 0 Å². The molecule has 0 N–H and O–H groups in total. The van der Waals surface area contributed by atoms with Crippen LogP contribution >= 0.6 is 11.6 Å². The lowest BCUT2D eigenvalue weighted by Crippen LogP contribution is -2.33. The third-order valence-corrected chi connectivity index (χ3v) is 5.79. The van der Waals surface area contributed by atoms with Crippen molar-refractivity contribution in [1.29, 1.82) is 0 Å². The molecule has 2 atom stereocenters. The van der Waals surface area contributed by atoms with Gasteiger partial charge in [-0.3, -0.25) is 0 Å². The first-order valence-corrected chi connectivity index (χ1v) is 10.1. The Balaban J connectivity index is 1.58. The average molecular weight is 421 g/mol. The van der Waals surface area contributed by atoms with Gasteiger partial charge in [-0.2, -0.15) is 5.10 Å². The van der Waals surface area contributed by atoms with E-state index in [-0.39, 0.29) is 12.3 Å². The van der Waals surface area contributed by atoms with Gasteiger partial charge < -0.3 is 14.2 Å². The van der Waals surface area contributed by atoms with Gasteiger partial charge in [0.05, 0.1) is 26.0 Å². The second-order valence-electron chi connectivity index (χ2n) is 7.30. The molecule has 2 heterocycles. The zero-order valence-corrected chi connectivity index (χ0v) is 17.5. The quantitative estimate of drug-likeness (QED) is 0.551. The Bertz CT molecular complexity index is 1110. The van der Waals surface area contributed by atoms with Crippen molar-refractivity contribution in [3.05, 3.63) is 88.4 Å². The fraction of sp³-hybridized carbons (Fsp3) is 0.208. The Morgan fingerprint density at radius 1 is 0.967 bits per heavy atom. The number of rotatable bonds is 4. The smallest absolute Gasteiger partial charge is 0.213 e. The highest BCUT2D eigenvalue weighted by atomic mass is 35.5. The van der Waals surface area contributed by atoms with Crippen molar-refractivity contribution in [2.45, 2.75) is 18.7 Å². The molecule has 0 amide bonds. The minimum Gasteiger partial charge on any atom is -0.497 e. The summed E-state index contributed by atoms with van der Waals surface area (Å²) in [6.07, 6.45) is 0.425. The van der Waals surface area contributed by atoms with Crippen LogP contribution in [0.1, 0.15) is 35.4 Å². The highest BCUT2D eigenvalue weighted by molar-refractivity contribution is 6.30. The molecular weight excluding hydrogens is 400 g/mol. The molecule has 0 saturated heterocycles. The summed E-state index contributed by atoms with van der Waals surface area (Å²) < 4.78 is 17.1. The SMILES string of the molecule is COc1ccc([C@@H]2Oc3ccc(Cl)cc3[C@@H]3CC(c4cccc(OC)c4)=NN32)cc1. The minimum atomic E-state index is -0.335. The van der Waals surface area contributed by atoms with Crippen LogP contribution in [0.25, 0.3) is 0 Å². The maximum Gasteiger partial charge on any atom is 0.213 e. The van der Waals surface area contributed by atoms with Gasteiger partial charge in [-0.15, -0.1) is 0 Å². The molecule has 0 aromatic heterocycles. The first-order chi connectivity index (χ1) is 14.7. The topological polar surface area (TPSA) is 43.3 Å². The molecule has 5 rings (SSSR count). The highest BCUT2D eigenvalue weighted by Crippen LogP contribution is 2.48. The van der Waals surface area contributed by atoms with Crippen LogP contribution in [-0.2, 0) is 0 Å². The number of methoxy groups -OCH3 is 2. The first kappa shape index (κ1) is 18.8. The molecule has 2 aliphatic heterocycles.